The fraction of sp³-hybridized carbons (Fsp3) is 0.579. The molecule has 10 heteroatoms. The number of esters is 1. The van der Waals surface area contributed by atoms with Gasteiger partial charge in [-0.2, -0.15) is 0 Å². The summed E-state index contributed by atoms with van der Waals surface area (Å²) in [4.78, 5) is 23.2. The molecule has 0 radical (unpaired) electrons. The van der Waals surface area contributed by atoms with Gasteiger partial charge in [0.05, 0.1) is 28.7 Å². The van der Waals surface area contributed by atoms with Crippen LogP contribution >= 0.6 is 0 Å². The summed E-state index contributed by atoms with van der Waals surface area (Å²) < 4.78 is 31.9. The summed E-state index contributed by atoms with van der Waals surface area (Å²) in [5, 5.41) is 11.2. The van der Waals surface area contributed by atoms with Crippen LogP contribution < -0.4 is 10.2 Å². The summed E-state index contributed by atoms with van der Waals surface area (Å²) >= 11 is 0. The zero-order chi connectivity index (χ0) is 22.1. The van der Waals surface area contributed by atoms with Gasteiger partial charge in [-0.1, -0.05) is 0 Å². The highest BCUT2D eigenvalue weighted by molar-refractivity contribution is 7.92. The molecule has 2 N–H and O–H groups in total. The lowest BCUT2D eigenvalue weighted by Gasteiger charge is -2.17. The molecule has 1 unspecified atom stereocenters. The first-order valence-electron chi connectivity index (χ1n) is 9.24. The average Bonchev–Trinajstić information content (AvgIpc) is 2.55. The Balaban J connectivity index is 2.83. The van der Waals surface area contributed by atoms with Gasteiger partial charge in [-0.25, -0.2) is 9.00 Å². The first kappa shape index (κ1) is 24.9. The Morgan fingerprint density at radius 1 is 1.24 bits per heavy atom. The van der Waals surface area contributed by atoms with Gasteiger partial charge in [0.2, 0.25) is 0 Å². The molecule has 9 nitrogen and oxygen atoms in total. The molecule has 1 rings (SSSR count). The van der Waals surface area contributed by atoms with Crippen molar-refractivity contribution in [3.8, 4) is 5.75 Å². The van der Waals surface area contributed by atoms with E-state index < -0.39 is 21.4 Å². The predicted molar refractivity (Wildman–Crippen MR) is 109 cm³/mol. The van der Waals surface area contributed by atoms with Gasteiger partial charge < -0.3 is 24.9 Å². The van der Waals surface area contributed by atoms with Crippen LogP contribution in [0.3, 0.4) is 0 Å². The van der Waals surface area contributed by atoms with E-state index in [0.717, 1.165) is 0 Å². The number of quaternary nitrogens is 1. The number of ether oxygens (including phenoxy) is 3. The van der Waals surface area contributed by atoms with Crippen LogP contribution in [0.1, 0.15) is 46.1 Å². The molecular weight excluding hydrogens is 400 g/mol. The summed E-state index contributed by atoms with van der Waals surface area (Å²) in [5.41, 5.74) is 0.792. The molecule has 1 aromatic rings. The highest BCUT2D eigenvalue weighted by Crippen LogP contribution is 2.21. The van der Waals surface area contributed by atoms with Crippen LogP contribution in [0.15, 0.2) is 22.6 Å². The molecule has 1 aromatic carbocycles. The lowest BCUT2D eigenvalue weighted by Crippen LogP contribution is -2.70. The highest BCUT2D eigenvalue weighted by atomic mass is 32.2. The van der Waals surface area contributed by atoms with Crippen molar-refractivity contribution in [1.29, 1.82) is 0 Å². The molecule has 0 bridgehead atoms. The molecule has 1 atom stereocenters. The second-order valence-electron chi connectivity index (χ2n) is 7.46. The molecule has 0 aliphatic rings. The van der Waals surface area contributed by atoms with E-state index in [1.807, 2.05) is 0 Å². The van der Waals surface area contributed by atoms with Crippen LogP contribution in [-0.4, -0.2) is 41.3 Å². The molecular formula is C19H30N2O7S. The molecule has 29 heavy (non-hydrogen) atoms. The second kappa shape index (κ2) is 11.1. The Kier molecular flexibility index (Phi) is 9.54. The normalized spacial score (nSPS) is 13.3. The Labute approximate surface area is 171 Å². The molecule has 0 aromatic heterocycles. The first-order valence-corrected chi connectivity index (χ1v) is 11.3. The highest BCUT2D eigenvalue weighted by Gasteiger charge is 2.18. The van der Waals surface area contributed by atoms with Crippen LogP contribution in [0, 0.1) is 5.21 Å². The summed E-state index contributed by atoms with van der Waals surface area (Å²) in [5.74, 6) is 0.0569. The van der Waals surface area contributed by atoms with Crippen LogP contribution in [0.4, 0.5) is 10.5 Å². The number of rotatable bonds is 9. The molecule has 0 saturated heterocycles. The van der Waals surface area contributed by atoms with Gasteiger partial charge >= 0.3 is 12.1 Å². The number of carbonyl (C=O) groups excluding carboxylic acids is 2. The summed E-state index contributed by atoms with van der Waals surface area (Å²) in [7, 11) is -2.92. The van der Waals surface area contributed by atoms with Gasteiger partial charge in [0.1, 0.15) is 17.0 Å². The molecule has 0 heterocycles. The molecule has 0 aliphatic heterocycles. The monoisotopic (exact) mass is 430 g/mol. The molecule has 0 saturated carbocycles. The average molecular weight is 431 g/mol. The van der Waals surface area contributed by atoms with Crippen molar-refractivity contribution >= 4 is 27.5 Å². The van der Waals surface area contributed by atoms with Gasteiger partial charge in [-0.3, -0.25) is 4.79 Å². The Morgan fingerprint density at radius 3 is 2.52 bits per heavy atom. The third-order valence-electron chi connectivity index (χ3n) is 3.32. The molecule has 0 spiro atoms. The quantitative estimate of drug-likeness (QED) is 0.276. The van der Waals surface area contributed by atoms with Gasteiger partial charge in [0.15, 0.2) is 0 Å². The lowest BCUT2D eigenvalue weighted by atomic mass is 10.2. The second-order valence-corrected chi connectivity index (χ2v) is 9.85. The van der Waals surface area contributed by atoms with Gasteiger partial charge in [-0.15, -0.1) is 4.36 Å². The maximum absolute atomic E-state index is 12.7. The summed E-state index contributed by atoms with van der Waals surface area (Å²) in [6, 6.07) is 4.74. The minimum Gasteiger partial charge on any atom is -0.630 e. The SMILES string of the molecule is CCOC(=O)CCCOc1cc(CS(C)(=O)=NC(=O)OC(C)(C)C)cc([NH2+][O-])c1. The van der Waals surface area contributed by atoms with E-state index in [0.29, 0.717) is 35.5 Å². The van der Waals surface area contributed by atoms with E-state index in [9.17, 15) is 19.0 Å². The van der Waals surface area contributed by atoms with Crippen LogP contribution in [-0.2, 0) is 29.8 Å². The number of hydrogen-bond donors (Lipinski definition) is 1. The number of amides is 1. The van der Waals surface area contributed by atoms with Crippen molar-refractivity contribution in [2.75, 3.05) is 19.5 Å². The zero-order valence-electron chi connectivity index (χ0n) is 17.6. The third-order valence-corrected chi connectivity index (χ3v) is 4.72. The van der Waals surface area contributed by atoms with Crippen LogP contribution in [0.5, 0.6) is 5.75 Å². The molecule has 0 aliphatic carbocycles. The van der Waals surface area contributed by atoms with Crippen molar-refractivity contribution in [3.05, 3.63) is 29.0 Å². The largest absolute Gasteiger partial charge is 0.630 e. The van der Waals surface area contributed by atoms with E-state index in [1.165, 1.54) is 6.26 Å². The van der Waals surface area contributed by atoms with E-state index in [1.54, 1.807) is 45.9 Å². The molecule has 164 valence electrons. The number of carbonyl (C=O) groups is 2. The predicted octanol–water partition coefficient (Wildman–Crippen LogP) is 2.63. The summed E-state index contributed by atoms with van der Waals surface area (Å²) in [6.45, 7) is 7.40. The molecule has 1 amide bonds. The van der Waals surface area contributed by atoms with Crippen LogP contribution in [0.25, 0.3) is 0 Å². The van der Waals surface area contributed by atoms with Crippen molar-refractivity contribution in [2.45, 2.75) is 51.9 Å². The Morgan fingerprint density at radius 2 is 1.93 bits per heavy atom. The maximum atomic E-state index is 12.7. The number of benzene rings is 1. The van der Waals surface area contributed by atoms with Crippen molar-refractivity contribution < 1.29 is 33.5 Å². The van der Waals surface area contributed by atoms with Gasteiger partial charge in [-0.05, 0) is 45.7 Å². The molecule has 0 fully saturated rings. The third kappa shape index (κ3) is 10.8. The Bertz CT molecular complexity index is 824. The van der Waals surface area contributed by atoms with Gasteiger partial charge in [0.25, 0.3) is 0 Å². The minimum atomic E-state index is -2.92. The Hall–Kier alpha value is -2.17. The zero-order valence-corrected chi connectivity index (χ0v) is 18.4. The smallest absolute Gasteiger partial charge is 0.442 e. The number of nitrogens with two attached hydrogens (primary N) is 1. The minimum absolute atomic E-state index is 0.0485. The standard InChI is InChI=1S/C19H30N2O7S/c1-6-26-17(22)8-7-9-27-16-11-14(10-15(12-16)20-24)13-29(5,25)21-18(23)28-19(2,3)4/h10-12H,6-9,13,20H2,1-5H3. The maximum Gasteiger partial charge on any atom is 0.442 e. The van der Waals surface area contributed by atoms with E-state index in [2.05, 4.69) is 4.36 Å². The van der Waals surface area contributed by atoms with E-state index in [-0.39, 0.29) is 24.7 Å². The topological polar surface area (TPSA) is 131 Å². The van der Waals surface area contributed by atoms with Gasteiger partial charge in [0, 0.05) is 24.8 Å². The van der Waals surface area contributed by atoms with Crippen LogP contribution in [0.2, 0.25) is 0 Å². The first-order chi connectivity index (χ1) is 13.4. The fourth-order valence-corrected chi connectivity index (χ4v) is 3.54. The summed E-state index contributed by atoms with van der Waals surface area (Å²) in [6.07, 6.45) is 1.14. The van der Waals surface area contributed by atoms with E-state index >= 15 is 0 Å². The van der Waals surface area contributed by atoms with Crippen molar-refractivity contribution in [1.82, 2.24) is 0 Å². The lowest BCUT2D eigenvalue weighted by molar-refractivity contribution is -0.497. The fourth-order valence-electron chi connectivity index (χ4n) is 2.34. The number of nitrogens with zero attached hydrogens (tertiary/aromatic N) is 1. The number of hydrogen-bond acceptors (Lipinski definition) is 7. The van der Waals surface area contributed by atoms with Crippen molar-refractivity contribution in [2.24, 2.45) is 4.36 Å². The van der Waals surface area contributed by atoms with Crippen molar-refractivity contribution in [3.63, 3.8) is 0 Å². The van der Waals surface area contributed by atoms with E-state index in [4.69, 9.17) is 14.2 Å².